The molecule has 1 aromatic rings. The van der Waals surface area contributed by atoms with Crippen LogP contribution in [-0.2, 0) is 0 Å². The maximum Gasteiger partial charge on any atom is 0.145 e. The summed E-state index contributed by atoms with van der Waals surface area (Å²) in [5.41, 5.74) is 2.60. The number of hydrogen-bond donors (Lipinski definition) is 3. The number of anilines is 2. The summed E-state index contributed by atoms with van der Waals surface area (Å²) in [4.78, 5) is 8.91. The van der Waals surface area contributed by atoms with Crippen LogP contribution in [0.4, 0.5) is 11.6 Å². The minimum absolute atomic E-state index is 0.547. The Hall–Kier alpha value is -1.36. The first-order chi connectivity index (χ1) is 7.76. The molecule has 16 heavy (non-hydrogen) atoms. The average Bonchev–Trinajstić information content (AvgIpc) is 3.16. The molecule has 2 atom stereocenters. The molecule has 2 aliphatic carbocycles. The molecule has 2 saturated carbocycles. The molecule has 0 amide bonds. The van der Waals surface area contributed by atoms with Gasteiger partial charge in [0.05, 0.1) is 0 Å². The van der Waals surface area contributed by atoms with E-state index in [1.807, 2.05) is 6.07 Å². The standard InChI is InChI=1S/C11H17N5/c1-6-4-8(6)13-9-5-10(16-12)15-11(14-9)7-2-3-7/h5-8H,2-4,12H2,1H3,(H2,13,14,15,16). The number of aromatic nitrogens is 2. The Labute approximate surface area is 94.8 Å². The van der Waals surface area contributed by atoms with Crippen LogP contribution in [0.3, 0.4) is 0 Å². The first kappa shape index (κ1) is 9.84. The summed E-state index contributed by atoms with van der Waals surface area (Å²) in [5, 5.41) is 3.42. The van der Waals surface area contributed by atoms with Crippen molar-refractivity contribution in [1.82, 2.24) is 9.97 Å². The SMILES string of the molecule is CC1CC1Nc1cc(NN)nc(C2CC2)n1. The third-order valence-electron chi connectivity index (χ3n) is 3.28. The smallest absolute Gasteiger partial charge is 0.145 e. The summed E-state index contributed by atoms with van der Waals surface area (Å²) in [6.45, 7) is 2.24. The highest BCUT2D eigenvalue weighted by Gasteiger charge is 2.33. The Bertz CT molecular complexity index is 401. The minimum Gasteiger partial charge on any atom is -0.367 e. The fourth-order valence-electron chi connectivity index (χ4n) is 1.85. The molecule has 0 saturated heterocycles. The lowest BCUT2D eigenvalue weighted by Crippen LogP contribution is -2.13. The Balaban J connectivity index is 1.81. The zero-order chi connectivity index (χ0) is 11.1. The van der Waals surface area contributed by atoms with Crippen LogP contribution in [-0.4, -0.2) is 16.0 Å². The highest BCUT2D eigenvalue weighted by molar-refractivity contribution is 5.48. The van der Waals surface area contributed by atoms with Gasteiger partial charge in [0.15, 0.2) is 0 Å². The topological polar surface area (TPSA) is 75.9 Å². The lowest BCUT2D eigenvalue weighted by atomic mass is 10.3. The van der Waals surface area contributed by atoms with Gasteiger partial charge in [-0.05, 0) is 25.2 Å². The molecule has 5 heteroatoms. The van der Waals surface area contributed by atoms with Gasteiger partial charge in [-0.15, -0.1) is 0 Å². The van der Waals surface area contributed by atoms with E-state index in [0.717, 1.165) is 17.6 Å². The summed E-state index contributed by atoms with van der Waals surface area (Å²) in [7, 11) is 0. The van der Waals surface area contributed by atoms with Crippen LogP contribution < -0.4 is 16.6 Å². The van der Waals surface area contributed by atoms with E-state index < -0.39 is 0 Å². The third kappa shape index (κ3) is 1.95. The van der Waals surface area contributed by atoms with Crippen LogP contribution in [0, 0.1) is 5.92 Å². The fourth-order valence-corrected chi connectivity index (χ4v) is 1.85. The molecular formula is C11H17N5. The molecule has 0 aliphatic heterocycles. The van der Waals surface area contributed by atoms with Crippen molar-refractivity contribution in [3.63, 3.8) is 0 Å². The van der Waals surface area contributed by atoms with Gasteiger partial charge in [0.2, 0.25) is 0 Å². The monoisotopic (exact) mass is 219 g/mol. The van der Waals surface area contributed by atoms with Crippen molar-refractivity contribution in [1.29, 1.82) is 0 Å². The molecule has 0 spiro atoms. The Morgan fingerprint density at radius 3 is 2.56 bits per heavy atom. The molecule has 5 nitrogen and oxygen atoms in total. The minimum atomic E-state index is 0.547. The second-order valence-electron chi connectivity index (χ2n) is 4.88. The predicted octanol–water partition coefficient (Wildman–Crippen LogP) is 1.46. The highest BCUT2D eigenvalue weighted by atomic mass is 15.3. The molecule has 0 bridgehead atoms. The van der Waals surface area contributed by atoms with Crippen molar-refractivity contribution in [2.75, 3.05) is 10.7 Å². The summed E-state index contributed by atoms with van der Waals surface area (Å²) in [5.74, 6) is 9.24. The van der Waals surface area contributed by atoms with E-state index in [2.05, 4.69) is 27.6 Å². The van der Waals surface area contributed by atoms with Gasteiger partial charge in [0, 0.05) is 18.0 Å². The molecule has 86 valence electrons. The van der Waals surface area contributed by atoms with Gasteiger partial charge < -0.3 is 10.7 Å². The van der Waals surface area contributed by atoms with E-state index in [9.17, 15) is 0 Å². The molecule has 3 rings (SSSR count). The zero-order valence-corrected chi connectivity index (χ0v) is 9.40. The van der Waals surface area contributed by atoms with Gasteiger partial charge in [-0.2, -0.15) is 0 Å². The molecule has 0 radical (unpaired) electrons. The van der Waals surface area contributed by atoms with E-state index in [1.165, 1.54) is 19.3 Å². The van der Waals surface area contributed by atoms with E-state index >= 15 is 0 Å². The first-order valence-electron chi connectivity index (χ1n) is 5.88. The van der Waals surface area contributed by atoms with Gasteiger partial charge in [-0.25, -0.2) is 15.8 Å². The lowest BCUT2D eigenvalue weighted by molar-refractivity contribution is 0.895. The number of nitrogens with zero attached hydrogens (tertiary/aromatic N) is 2. The summed E-state index contributed by atoms with van der Waals surface area (Å²) >= 11 is 0. The summed E-state index contributed by atoms with van der Waals surface area (Å²) < 4.78 is 0. The quantitative estimate of drug-likeness (QED) is 0.528. The number of rotatable bonds is 4. The number of hydrogen-bond acceptors (Lipinski definition) is 5. The first-order valence-corrected chi connectivity index (χ1v) is 5.88. The van der Waals surface area contributed by atoms with Gasteiger partial charge in [-0.3, -0.25) is 0 Å². The number of nitrogen functional groups attached to an aromatic ring is 1. The van der Waals surface area contributed by atoms with Gasteiger partial charge in [0.25, 0.3) is 0 Å². The van der Waals surface area contributed by atoms with Crippen molar-refractivity contribution in [2.45, 2.75) is 38.1 Å². The zero-order valence-electron chi connectivity index (χ0n) is 9.40. The van der Waals surface area contributed by atoms with Crippen LogP contribution in [0.15, 0.2) is 6.07 Å². The van der Waals surface area contributed by atoms with Gasteiger partial charge in [-0.1, -0.05) is 6.92 Å². The normalized spacial score (nSPS) is 27.6. The predicted molar refractivity (Wildman–Crippen MR) is 63.0 cm³/mol. The molecule has 4 N–H and O–H groups in total. The molecule has 1 aromatic heterocycles. The van der Waals surface area contributed by atoms with Crippen LogP contribution in [0.1, 0.15) is 37.9 Å². The van der Waals surface area contributed by atoms with Crippen molar-refractivity contribution in [3.8, 4) is 0 Å². The average molecular weight is 219 g/mol. The number of nitrogens with one attached hydrogen (secondary N) is 2. The molecule has 2 aliphatic rings. The van der Waals surface area contributed by atoms with Crippen molar-refractivity contribution >= 4 is 11.6 Å². The van der Waals surface area contributed by atoms with E-state index in [0.29, 0.717) is 17.8 Å². The maximum absolute atomic E-state index is 5.41. The van der Waals surface area contributed by atoms with Crippen molar-refractivity contribution in [3.05, 3.63) is 11.9 Å². The molecule has 0 aromatic carbocycles. The second kappa shape index (κ2) is 3.59. The van der Waals surface area contributed by atoms with Crippen LogP contribution in [0.5, 0.6) is 0 Å². The molecule has 2 fully saturated rings. The third-order valence-corrected chi connectivity index (χ3v) is 3.28. The Morgan fingerprint density at radius 1 is 1.31 bits per heavy atom. The van der Waals surface area contributed by atoms with Gasteiger partial charge >= 0.3 is 0 Å². The lowest BCUT2D eigenvalue weighted by Gasteiger charge is -2.08. The number of nitrogens with two attached hydrogens (primary N) is 1. The number of hydrazine groups is 1. The molecular weight excluding hydrogens is 202 g/mol. The molecule has 2 unspecified atom stereocenters. The van der Waals surface area contributed by atoms with E-state index in [4.69, 9.17) is 5.84 Å². The van der Waals surface area contributed by atoms with Crippen molar-refractivity contribution < 1.29 is 0 Å². The second-order valence-corrected chi connectivity index (χ2v) is 4.88. The van der Waals surface area contributed by atoms with Crippen LogP contribution in [0.2, 0.25) is 0 Å². The Morgan fingerprint density at radius 2 is 2.00 bits per heavy atom. The van der Waals surface area contributed by atoms with Crippen molar-refractivity contribution in [2.24, 2.45) is 11.8 Å². The van der Waals surface area contributed by atoms with E-state index in [1.54, 1.807) is 0 Å². The molecule has 1 heterocycles. The van der Waals surface area contributed by atoms with E-state index in [-0.39, 0.29) is 0 Å². The highest BCUT2D eigenvalue weighted by Crippen LogP contribution is 2.39. The van der Waals surface area contributed by atoms with Crippen LogP contribution in [0.25, 0.3) is 0 Å². The van der Waals surface area contributed by atoms with Gasteiger partial charge in [0.1, 0.15) is 17.5 Å². The maximum atomic E-state index is 5.41. The fraction of sp³-hybridized carbons (Fsp3) is 0.636. The van der Waals surface area contributed by atoms with Crippen LogP contribution >= 0.6 is 0 Å². The largest absolute Gasteiger partial charge is 0.367 e. The summed E-state index contributed by atoms with van der Waals surface area (Å²) in [6.07, 6.45) is 3.63. The summed E-state index contributed by atoms with van der Waals surface area (Å²) in [6, 6.07) is 2.45. The Kier molecular flexibility index (Phi) is 2.21.